The summed E-state index contributed by atoms with van der Waals surface area (Å²) in [5, 5.41) is 0. The summed E-state index contributed by atoms with van der Waals surface area (Å²) in [4.78, 5) is 0. The highest BCUT2D eigenvalue weighted by molar-refractivity contribution is 5.91. The molecule has 0 aliphatic heterocycles. The fourth-order valence-corrected chi connectivity index (χ4v) is 1.84. The van der Waals surface area contributed by atoms with Gasteiger partial charge in [0.25, 0.3) is 0 Å². The molecule has 0 saturated heterocycles. The van der Waals surface area contributed by atoms with Crippen molar-refractivity contribution in [3.05, 3.63) is 48.5 Å². The molecule has 0 unspecified atom stereocenters. The molecule has 0 radical (unpaired) electrons. The second-order valence-corrected chi connectivity index (χ2v) is 3.13. The predicted octanol–water partition coefficient (Wildman–Crippen LogP) is 3.33. The summed E-state index contributed by atoms with van der Waals surface area (Å²) in [5.41, 5.74) is 5.45. The van der Waals surface area contributed by atoms with Gasteiger partial charge in [-0.25, -0.2) is 0 Å². The molecule has 56 valence electrons. The summed E-state index contributed by atoms with van der Waals surface area (Å²) in [6.07, 6.45) is 0. The van der Waals surface area contributed by atoms with Gasteiger partial charge in [-0.3, -0.25) is 0 Å². The van der Waals surface area contributed by atoms with E-state index in [2.05, 4.69) is 48.5 Å². The first-order valence-electron chi connectivity index (χ1n) is 4.15. The van der Waals surface area contributed by atoms with Crippen molar-refractivity contribution in [3.8, 4) is 22.3 Å². The number of hydrogen-bond donors (Lipinski definition) is 0. The van der Waals surface area contributed by atoms with Gasteiger partial charge in [0.05, 0.1) is 0 Å². The van der Waals surface area contributed by atoms with E-state index in [1.807, 2.05) is 0 Å². The summed E-state index contributed by atoms with van der Waals surface area (Å²) < 4.78 is 0. The summed E-state index contributed by atoms with van der Waals surface area (Å²) in [6, 6.07) is 17.2. The normalized spacial score (nSPS) is 11.3. The zero-order chi connectivity index (χ0) is 7.97. The smallest absolute Gasteiger partial charge is 0.0105 e. The maximum atomic E-state index is 2.24. The first-order chi connectivity index (χ1) is 5.95. The Balaban J connectivity index is 2.47. The highest BCUT2D eigenvalue weighted by Gasteiger charge is 2.12. The van der Waals surface area contributed by atoms with Crippen molar-refractivity contribution < 1.29 is 0 Å². The van der Waals surface area contributed by atoms with Crippen LogP contribution in [0.1, 0.15) is 0 Å². The van der Waals surface area contributed by atoms with Crippen LogP contribution < -0.4 is 0 Å². The lowest BCUT2D eigenvalue weighted by Crippen LogP contribution is -1.70. The van der Waals surface area contributed by atoms with Gasteiger partial charge >= 0.3 is 0 Å². The second kappa shape index (κ2) is 1.98. The number of benzene rings is 2. The summed E-state index contributed by atoms with van der Waals surface area (Å²) in [5.74, 6) is 0. The Morgan fingerprint density at radius 3 is 1.75 bits per heavy atom. The van der Waals surface area contributed by atoms with Gasteiger partial charge in [0.2, 0.25) is 0 Å². The van der Waals surface area contributed by atoms with Gasteiger partial charge in [-0.05, 0) is 28.3 Å². The predicted molar refractivity (Wildman–Crippen MR) is 50.9 cm³/mol. The van der Waals surface area contributed by atoms with Crippen LogP contribution in [0.15, 0.2) is 48.5 Å². The fraction of sp³-hybridized carbons (Fsp3) is 0. The maximum absolute atomic E-state index is 2.24. The van der Waals surface area contributed by atoms with Crippen molar-refractivity contribution in [1.82, 2.24) is 0 Å². The van der Waals surface area contributed by atoms with Crippen molar-refractivity contribution in [1.29, 1.82) is 0 Å². The molecule has 1 aliphatic carbocycles. The van der Waals surface area contributed by atoms with E-state index in [9.17, 15) is 0 Å². The first-order valence-corrected chi connectivity index (χ1v) is 4.15. The molecule has 0 atom stereocenters. The molecule has 0 N–H and O–H groups in total. The van der Waals surface area contributed by atoms with Gasteiger partial charge in [-0.1, -0.05) is 42.5 Å². The van der Waals surface area contributed by atoms with Crippen LogP contribution in [0.2, 0.25) is 0 Å². The van der Waals surface area contributed by atoms with Gasteiger partial charge in [0.1, 0.15) is 0 Å². The van der Waals surface area contributed by atoms with E-state index in [0.717, 1.165) is 0 Å². The minimum atomic E-state index is 1.35. The average molecular weight is 152 g/mol. The molecule has 2 bridgehead atoms. The van der Waals surface area contributed by atoms with Crippen LogP contribution in [-0.4, -0.2) is 0 Å². The molecule has 0 aromatic heterocycles. The summed E-state index contributed by atoms with van der Waals surface area (Å²) in [6.45, 7) is 0. The summed E-state index contributed by atoms with van der Waals surface area (Å²) >= 11 is 0. The highest BCUT2D eigenvalue weighted by atomic mass is 14.2. The van der Waals surface area contributed by atoms with Crippen LogP contribution in [-0.2, 0) is 0 Å². The second-order valence-electron chi connectivity index (χ2n) is 3.13. The van der Waals surface area contributed by atoms with Gasteiger partial charge in [-0.2, -0.15) is 0 Å². The SMILES string of the molecule is c1cc2cc(c1)-c1ccccc1-2. The van der Waals surface area contributed by atoms with Crippen LogP contribution in [0, 0.1) is 0 Å². The van der Waals surface area contributed by atoms with E-state index in [-0.39, 0.29) is 0 Å². The van der Waals surface area contributed by atoms with Crippen LogP contribution in [0.3, 0.4) is 0 Å². The van der Waals surface area contributed by atoms with Crippen LogP contribution in [0.25, 0.3) is 22.3 Å². The van der Waals surface area contributed by atoms with E-state index >= 15 is 0 Å². The van der Waals surface area contributed by atoms with E-state index in [1.165, 1.54) is 22.3 Å². The highest BCUT2D eigenvalue weighted by Crippen LogP contribution is 2.39. The Bertz CT molecular complexity index is 403. The van der Waals surface area contributed by atoms with Crippen molar-refractivity contribution in [2.45, 2.75) is 0 Å². The molecule has 0 amide bonds. The van der Waals surface area contributed by atoms with Gasteiger partial charge < -0.3 is 0 Å². The average Bonchev–Trinajstić information content (AvgIpc) is 2.41. The Hall–Kier alpha value is -1.56. The lowest BCUT2D eigenvalue weighted by atomic mass is 10.1. The van der Waals surface area contributed by atoms with Gasteiger partial charge in [0, 0.05) is 0 Å². The van der Waals surface area contributed by atoms with Crippen molar-refractivity contribution in [3.63, 3.8) is 0 Å². The zero-order valence-electron chi connectivity index (χ0n) is 6.62. The zero-order valence-corrected chi connectivity index (χ0v) is 6.62. The molecule has 0 nitrogen and oxygen atoms in total. The first kappa shape index (κ1) is 6.01. The Morgan fingerprint density at radius 2 is 1.17 bits per heavy atom. The van der Waals surface area contributed by atoms with Gasteiger partial charge in [0.15, 0.2) is 0 Å². The third-order valence-electron chi connectivity index (χ3n) is 2.41. The minimum Gasteiger partial charge on any atom is -0.0616 e. The summed E-state index contributed by atoms with van der Waals surface area (Å²) in [7, 11) is 0. The molecule has 0 heterocycles. The van der Waals surface area contributed by atoms with Crippen molar-refractivity contribution in [2.24, 2.45) is 0 Å². The molecular formula is C12H8. The lowest BCUT2D eigenvalue weighted by molar-refractivity contribution is 1.72. The third-order valence-corrected chi connectivity index (χ3v) is 2.41. The Kier molecular flexibility index (Phi) is 0.991. The minimum absolute atomic E-state index is 1.35. The van der Waals surface area contributed by atoms with E-state index in [4.69, 9.17) is 0 Å². The van der Waals surface area contributed by atoms with Crippen LogP contribution in [0.4, 0.5) is 0 Å². The van der Waals surface area contributed by atoms with E-state index in [0.29, 0.717) is 0 Å². The topological polar surface area (TPSA) is 0 Å². The molecule has 0 spiro atoms. The fourth-order valence-electron chi connectivity index (χ4n) is 1.84. The quantitative estimate of drug-likeness (QED) is 0.463. The van der Waals surface area contributed by atoms with E-state index < -0.39 is 0 Å². The monoisotopic (exact) mass is 152 g/mol. The van der Waals surface area contributed by atoms with Crippen molar-refractivity contribution in [2.75, 3.05) is 0 Å². The molecular weight excluding hydrogens is 144 g/mol. The number of hydrogen-bond acceptors (Lipinski definition) is 0. The number of fused-ring (bicyclic) bond motifs is 5. The molecule has 3 rings (SSSR count). The molecule has 1 aliphatic rings. The van der Waals surface area contributed by atoms with Gasteiger partial charge in [-0.15, -0.1) is 0 Å². The third kappa shape index (κ3) is 0.620. The molecule has 12 heavy (non-hydrogen) atoms. The largest absolute Gasteiger partial charge is 0.0616 e. The molecule has 0 saturated carbocycles. The lowest BCUT2D eigenvalue weighted by Gasteiger charge is -1.96. The van der Waals surface area contributed by atoms with Crippen LogP contribution in [0.5, 0.6) is 0 Å². The maximum Gasteiger partial charge on any atom is -0.0105 e. The Morgan fingerprint density at radius 1 is 0.583 bits per heavy atom. The van der Waals surface area contributed by atoms with Crippen molar-refractivity contribution >= 4 is 0 Å². The molecule has 2 aromatic carbocycles. The standard InChI is InChI=1S/C12H8/c1-2-7-12-10-5-3-4-9(8-10)11(12)6-1/h1-8H. The molecule has 0 fully saturated rings. The molecule has 0 heteroatoms. The van der Waals surface area contributed by atoms with Crippen LogP contribution >= 0.6 is 0 Å². The Labute approximate surface area is 71.5 Å². The number of rotatable bonds is 0. The van der Waals surface area contributed by atoms with E-state index in [1.54, 1.807) is 0 Å². The molecule has 2 aromatic rings.